The molecule has 0 spiro atoms. The molecule has 0 radical (unpaired) electrons. The highest BCUT2D eigenvalue weighted by atomic mass is 16.2. The molecular weight excluding hydrogens is 252 g/mol. The Morgan fingerprint density at radius 3 is 2.35 bits per heavy atom. The fourth-order valence-corrected chi connectivity index (χ4v) is 4.51. The van der Waals surface area contributed by atoms with E-state index in [1.807, 2.05) is 0 Å². The van der Waals surface area contributed by atoms with Crippen LogP contribution < -0.4 is 10.9 Å². The van der Waals surface area contributed by atoms with E-state index in [1.165, 1.54) is 32.1 Å². The molecule has 112 valence electrons. The molecule has 0 unspecified atom stereocenters. The normalized spacial score (nSPS) is 33.1. The minimum Gasteiger partial charge on any atom is -0.273 e. The van der Waals surface area contributed by atoms with Crippen LogP contribution in [0, 0.1) is 23.7 Å². The summed E-state index contributed by atoms with van der Waals surface area (Å²) >= 11 is 0. The minimum absolute atomic E-state index is 0.00555. The summed E-state index contributed by atoms with van der Waals surface area (Å²) in [7, 11) is 0. The molecular formula is C16H26N2O2. The summed E-state index contributed by atoms with van der Waals surface area (Å²) in [5, 5.41) is 0. The van der Waals surface area contributed by atoms with Crippen LogP contribution in [0.25, 0.3) is 0 Å². The van der Waals surface area contributed by atoms with E-state index in [0.29, 0.717) is 12.3 Å². The van der Waals surface area contributed by atoms with Crippen molar-refractivity contribution in [3.63, 3.8) is 0 Å². The Balaban J connectivity index is 1.37. The van der Waals surface area contributed by atoms with Gasteiger partial charge in [-0.25, -0.2) is 0 Å². The van der Waals surface area contributed by atoms with Crippen molar-refractivity contribution in [1.82, 2.24) is 10.9 Å². The average molecular weight is 278 g/mol. The second-order valence-corrected chi connectivity index (χ2v) is 7.01. The van der Waals surface area contributed by atoms with Crippen LogP contribution in [0.2, 0.25) is 0 Å². The van der Waals surface area contributed by atoms with E-state index >= 15 is 0 Å². The quantitative estimate of drug-likeness (QED) is 0.779. The molecule has 4 nitrogen and oxygen atoms in total. The Labute approximate surface area is 121 Å². The number of hydrogen-bond donors (Lipinski definition) is 2. The van der Waals surface area contributed by atoms with Gasteiger partial charge in [0.05, 0.1) is 0 Å². The van der Waals surface area contributed by atoms with Crippen LogP contribution in [-0.4, -0.2) is 11.8 Å². The summed E-state index contributed by atoms with van der Waals surface area (Å²) in [4.78, 5) is 23.9. The number of carbonyl (C=O) groups excluding carboxylic acids is 2. The smallest absolute Gasteiger partial charge is 0.241 e. The summed E-state index contributed by atoms with van der Waals surface area (Å²) < 4.78 is 0. The molecule has 4 heteroatoms. The van der Waals surface area contributed by atoms with E-state index in [0.717, 1.165) is 37.5 Å². The maximum Gasteiger partial charge on any atom is 0.241 e. The molecule has 0 aromatic heterocycles. The van der Waals surface area contributed by atoms with E-state index < -0.39 is 0 Å². The molecule has 20 heavy (non-hydrogen) atoms. The largest absolute Gasteiger partial charge is 0.273 e. The number of amides is 2. The molecule has 3 atom stereocenters. The van der Waals surface area contributed by atoms with E-state index in [-0.39, 0.29) is 17.7 Å². The Hall–Kier alpha value is -1.06. The third kappa shape index (κ3) is 3.15. The summed E-state index contributed by atoms with van der Waals surface area (Å²) in [6, 6.07) is 0. The molecule has 0 aromatic rings. The number of carbonyl (C=O) groups is 2. The molecule has 3 fully saturated rings. The van der Waals surface area contributed by atoms with Crippen LogP contribution in [0.3, 0.4) is 0 Å². The number of fused-ring (bicyclic) bond motifs is 2. The highest BCUT2D eigenvalue weighted by Crippen LogP contribution is 2.49. The molecule has 0 saturated heterocycles. The first-order valence-electron chi connectivity index (χ1n) is 8.31. The van der Waals surface area contributed by atoms with Gasteiger partial charge >= 0.3 is 0 Å². The topological polar surface area (TPSA) is 58.2 Å². The summed E-state index contributed by atoms with van der Waals surface area (Å²) in [6.07, 6.45) is 11.2. The molecule has 3 aliphatic carbocycles. The monoisotopic (exact) mass is 278 g/mol. The van der Waals surface area contributed by atoms with Crippen LogP contribution in [-0.2, 0) is 9.59 Å². The number of hydrazine groups is 1. The van der Waals surface area contributed by atoms with Gasteiger partial charge in [0.1, 0.15) is 0 Å². The van der Waals surface area contributed by atoms with Gasteiger partial charge in [-0.3, -0.25) is 20.4 Å². The molecule has 0 aliphatic heterocycles. The standard InChI is InChI=1S/C16H26N2O2/c19-15(10-14-9-11-6-7-13(14)8-11)17-18-16(20)12-4-2-1-3-5-12/h11-14H,1-10H2,(H,17,19)(H,18,20)/t11-,13+,14+/m1/s1. The number of hydrogen-bond acceptors (Lipinski definition) is 2. The lowest BCUT2D eigenvalue weighted by atomic mass is 9.86. The Morgan fingerprint density at radius 2 is 1.70 bits per heavy atom. The van der Waals surface area contributed by atoms with Crippen LogP contribution in [0.5, 0.6) is 0 Å². The third-order valence-corrected chi connectivity index (χ3v) is 5.63. The molecule has 3 saturated carbocycles. The summed E-state index contributed by atoms with van der Waals surface area (Å²) in [5.41, 5.74) is 5.26. The Bertz CT molecular complexity index is 377. The van der Waals surface area contributed by atoms with Crippen molar-refractivity contribution in [3.8, 4) is 0 Å². The van der Waals surface area contributed by atoms with Gasteiger partial charge < -0.3 is 0 Å². The van der Waals surface area contributed by atoms with E-state index in [4.69, 9.17) is 0 Å². The number of nitrogens with one attached hydrogen (secondary N) is 2. The highest BCUT2D eigenvalue weighted by molar-refractivity contribution is 5.83. The van der Waals surface area contributed by atoms with Crippen molar-refractivity contribution in [1.29, 1.82) is 0 Å². The summed E-state index contributed by atoms with van der Waals surface area (Å²) in [6.45, 7) is 0. The first kappa shape index (κ1) is 13.9. The zero-order valence-electron chi connectivity index (χ0n) is 12.2. The summed E-state index contributed by atoms with van der Waals surface area (Å²) in [5.74, 6) is 2.29. The van der Waals surface area contributed by atoms with Gasteiger partial charge in [-0.1, -0.05) is 25.7 Å². The van der Waals surface area contributed by atoms with Crippen LogP contribution >= 0.6 is 0 Å². The van der Waals surface area contributed by atoms with Crippen LogP contribution in [0.4, 0.5) is 0 Å². The van der Waals surface area contributed by atoms with Crippen molar-refractivity contribution in [3.05, 3.63) is 0 Å². The minimum atomic E-state index is -0.00768. The van der Waals surface area contributed by atoms with Crippen molar-refractivity contribution in [2.45, 2.75) is 64.2 Å². The van der Waals surface area contributed by atoms with Crippen molar-refractivity contribution in [2.24, 2.45) is 23.7 Å². The molecule has 3 aliphatic rings. The van der Waals surface area contributed by atoms with Gasteiger partial charge in [0.2, 0.25) is 11.8 Å². The molecule has 0 heterocycles. The molecule has 3 rings (SSSR count). The second-order valence-electron chi connectivity index (χ2n) is 7.01. The van der Waals surface area contributed by atoms with Gasteiger partial charge in [-0.15, -0.1) is 0 Å². The van der Waals surface area contributed by atoms with Gasteiger partial charge in [-0.05, 0) is 49.9 Å². The molecule has 2 bridgehead atoms. The van der Waals surface area contributed by atoms with E-state index in [1.54, 1.807) is 0 Å². The fourth-order valence-electron chi connectivity index (χ4n) is 4.51. The van der Waals surface area contributed by atoms with Gasteiger partial charge in [0.15, 0.2) is 0 Å². The third-order valence-electron chi connectivity index (χ3n) is 5.63. The first-order chi connectivity index (χ1) is 9.72. The van der Waals surface area contributed by atoms with Crippen molar-refractivity contribution >= 4 is 11.8 Å². The van der Waals surface area contributed by atoms with Gasteiger partial charge in [0, 0.05) is 12.3 Å². The lowest BCUT2D eigenvalue weighted by molar-refractivity contribution is -0.132. The predicted molar refractivity (Wildman–Crippen MR) is 76.4 cm³/mol. The van der Waals surface area contributed by atoms with E-state index in [2.05, 4.69) is 10.9 Å². The van der Waals surface area contributed by atoms with Crippen LogP contribution in [0.1, 0.15) is 64.2 Å². The molecule has 2 N–H and O–H groups in total. The zero-order valence-corrected chi connectivity index (χ0v) is 12.2. The van der Waals surface area contributed by atoms with Gasteiger partial charge in [0.25, 0.3) is 0 Å². The van der Waals surface area contributed by atoms with E-state index in [9.17, 15) is 9.59 Å². The van der Waals surface area contributed by atoms with Gasteiger partial charge in [-0.2, -0.15) is 0 Å². The second kappa shape index (κ2) is 6.15. The lowest BCUT2D eigenvalue weighted by Crippen LogP contribution is -2.45. The first-order valence-corrected chi connectivity index (χ1v) is 8.31. The zero-order chi connectivity index (χ0) is 13.9. The Kier molecular flexibility index (Phi) is 4.27. The fraction of sp³-hybridized carbons (Fsp3) is 0.875. The SMILES string of the molecule is O=C(C[C@@H]1C[C@@H]2CC[C@H]1C2)NNC(=O)C1CCCCC1. The predicted octanol–water partition coefficient (Wildman–Crippen LogP) is 2.54. The maximum absolute atomic E-state index is 11.9. The molecule has 2 amide bonds. The van der Waals surface area contributed by atoms with Crippen LogP contribution in [0.15, 0.2) is 0 Å². The lowest BCUT2D eigenvalue weighted by Gasteiger charge is -2.23. The highest BCUT2D eigenvalue weighted by Gasteiger charge is 2.40. The average Bonchev–Trinajstić information content (AvgIpc) is 3.08. The number of rotatable bonds is 3. The van der Waals surface area contributed by atoms with Crippen molar-refractivity contribution < 1.29 is 9.59 Å². The van der Waals surface area contributed by atoms with Crippen molar-refractivity contribution in [2.75, 3.05) is 0 Å². The Morgan fingerprint density at radius 1 is 0.900 bits per heavy atom. The molecule has 0 aromatic carbocycles. The maximum atomic E-state index is 11.9.